The lowest BCUT2D eigenvalue weighted by Crippen LogP contribution is -2.38. The van der Waals surface area contributed by atoms with Gasteiger partial charge in [-0.15, -0.1) is 0 Å². The van der Waals surface area contributed by atoms with Crippen molar-refractivity contribution in [1.82, 2.24) is 9.97 Å². The van der Waals surface area contributed by atoms with Crippen LogP contribution in [0.4, 0.5) is 11.5 Å². The Morgan fingerprint density at radius 3 is 2.67 bits per heavy atom. The maximum Gasteiger partial charge on any atom is 0.227 e. The maximum atomic E-state index is 12.7. The average molecular weight is 402 g/mol. The van der Waals surface area contributed by atoms with Crippen LogP contribution in [0.1, 0.15) is 18.4 Å². The highest BCUT2D eigenvalue weighted by molar-refractivity contribution is 5.92. The number of methoxy groups -OCH3 is 1. The van der Waals surface area contributed by atoms with Gasteiger partial charge in [-0.05, 0) is 44.0 Å². The predicted molar refractivity (Wildman–Crippen MR) is 119 cm³/mol. The van der Waals surface area contributed by atoms with Crippen molar-refractivity contribution >= 4 is 17.4 Å². The molecule has 0 bridgehead atoms. The third-order valence-corrected chi connectivity index (χ3v) is 5.44. The molecule has 1 amide bonds. The van der Waals surface area contributed by atoms with Crippen LogP contribution < -0.4 is 15.0 Å². The van der Waals surface area contributed by atoms with Gasteiger partial charge in [0.1, 0.15) is 11.6 Å². The molecule has 0 atom stereocenters. The van der Waals surface area contributed by atoms with Crippen molar-refractivity contribution in [2.24, 2.45) is 5.92 Å². The van der Waals surface area contributed by atoms with Crippen molar-refractivity contribution in [3.63, 3.8) is 0 Å². The molecule has 0 unspecified atom stereocenters. The van der Waals surface area contributed by atoms with E-state index < -0.39 is 0 Å². The lowest BCUT2D eigenvalue weighted by molar-refractivity contribution is -0.120. The minimum atomic E-state index is -0.00877. The number of anilines is 2. The number of nitrogens with one attached hydrogen (secondary N) is 1. The highest BCUT2D eigenvalue weighted by Gasteiger charge is 2.26. The second kappa shape index (κ2) is 8.95. The van der Waals surface area contributed by atoms with E-state index in [2.05, 4.69) is 34.3 Å². The van der Waals surface area contributed by atoms with Crippen molar-refractivity contribution in [3.05, 3.63) is 66.4 Å². The van der Waals surface area contributed by atoms with Crippen molar-refractivity contribution in [1.29, 1.82) is 0 Å². The Morgan fingerprint density at radius 1 is 1.10 bits per heavy atom. The largest absolute Gasteiger partial charge is 0.497 e. The van der Waals surface area contributed by atoms with Crippen LogP contribution in [0.15, 0.2) is 60.8 Å². The molecule has 2 aromatic carbocycles. The summed E-state index contributed by atoms with van der Waals surface area (Å²) in [6.45, 7) is 3.65. The normalized spacial score (nSPS) is 14.4. The summed E-state index contributed by atoms with van der Waals surface area (Å²) in [5.41, 5.74) is 2.97. The molecule has 0 radical (unpaired) electrons. The molecule has 1 saturated heterocycles. The number of amides is 1. The minimum Gasteiger partial charge on any atom is -0.497 e. The molecular weight excluding hydrogens is 376 g/mol. The molecule has 1 aromatic heterocycles. The quantitative estimate of drug-likeness (QED) is 0.689. The molecule has 1 aliphatic rings. The van der Waals surface area contributed by atoms with E-state index in [1.807, 2.05) is 48.7 Å². The first-order valence-electron chi connectivity index (χ1n) is 10.2. The van der Waals surface area contributed by atoms with Gasteiger partial charge in [-0.3, -0.25) is 4.79 Å². The number of hydrogen-bond acceptors (Lipinski definition) is 5. The van der Waals surface area contributed by atoms with Gasteiger partial charge >= 0.3 is 0 Å². The van der Waals surface area contributed by atoms with E-state index in [-0.39, 0.29) is 11.8 Å². The molecule has 0 aliphatic carbocycles. The number of aromatic nitrogens is 2. The molecule has 30 heavy (non-hydrogen) atoms. The van der Waals surface area contributed by atoms with E-state index in [9.17, 15) is 4.79 Å². The highest BCUT2D eigenvalue weighted by atomic mass is 16.5. The summed E-state index contributed by atoms with van der Waals surface area (Å²) < 4.78 is 5.22. The number of piperidine rings is 1. The van der Waals surface area contributed by atoms with Gasteiger partial charge in [-0.2, -0.15) is 0 Å². The zero-order valence-electron chi connectivity index (χ0n) is 17.3. The molecule has 0 spiro atoms. The van der Waals surface area contributed by atoms with E-state index in [1.165, 1.54) is 5.56 Å². The van der Waals surface area contributed by atoms with Crippen molar-refractivity contribution in [2.45, 2.75) is 19.8 Å². The SMILES string of the molecule is COc1cccc(NC(=O)C2CCN(c3ccnc(-c4cccc(C)c4)n3)CC2)c1. The lowest BCUT2D eigenvalue weighted by Gasteiger charge is -2.32. The van der Waals surface area contributed by atoms with Gasteiger partial charge in [0, 0.05) is 42.5 Å². The Balaban J connectivity index is 1.38. The van der Waals surface area contributed by atoms with Crippen molar-refractivity contribution in [3.8, 4) is 17.1 Å². The van der Waals surface area contributed by atoms with E-state index in [0.29, 0.717) is 0 Å². The van der Waals surface area contributed by atoms with Crippen LogP contribution in [0.25, 0.3) is 11.4 Å². The third-order valence-electron chi connectivity index (χ3n) is 5.44. The highest BCUT2D eigenvalue weighted by Crippen LogP contribution is 2.25. The Labute approximate surface area is 176 Å². The van der Waals surface area contributed by atoms with Crippen LogP contribution in [-0.2, 0) is 4.79 Å². The van der Waals surface area contributed by atoms with Crippen LogP contribution >= 0.6 is 0 Å². The van der Waals surface area contributed by atoms with Gasteiger partial charge in [-0.25, -0.2) is 9.97 Å². The number of nitrogens with zero attached hydrogens (tertiary/aromatic N) is 3. The second-order valence-electron chi connectivity index (χ2n) is 7.59. The Bertz CT molecular complexity index is 1030. The van der Waals surface area contributed by atoms with Crippen LogP contribution in [0.3, 0.4) is 0 Å². The summed E-state index contributed by atoms with van der Waals surface area (Å²) in [7, 11) is 1.62. The number of benzene rings is 2. The molecular formula is C24H26N4O2. The van der Waals surface area contributed by atoms with Gasteiger partial charge in [0.05, 0.1) is 7.11 Å². The van der Waals surface area contributed by atoms with Crippen molar-refractivity contribution < 1.29 is 9.53 Å². The summed E-state index contributed by atoms with van der Waals surface area (Å²) in [4.78, 5) is 24.1. The van der Waals surface area contributed by atoms with E-state index >= 15 is 0 Å². The summed E-state index contributed by atoms with van der Waals surface area (Å²) >= 11 is 0. The molecule has 3 aromatic rings. The number of hydrogen-bond donors (Lipinski definition) is 1. The first-order valence-corrected chi connectivity index (χ1v) is 10.2. The number of aryl methyl sites for hydroxylation is 1. The first kappa shape index (κ1) is 19.9. The van der Waals surface area contributed by atoms with E-state index in [0.717, 1.165) is 54.6 Å². The summed E-state index contributed by atoms with van der Waals surface area (Å²) in [6.07, 6.45) is 3.39. The van der Waals surface area contributed by atoms with E-state index in [4.69, 9.17) is 9.72 Å². The smallest absolute Gasteiger partial charge is 0.227 e. The zero-order valence-corrected chi connectivity index (χ0v) is 17.3. The fourth-order valence-corrected chi connectivity index (χ4v) is 3.76. The summed E-state index contributed by atoms with van der Waals surface area (Å²) in [5.74, 6) is 2.43. The average Bonchev–Trinajstić information content (AvgIpc) is 2.79. The molecule has 1 N–H and O–H groups in total. The minimum absolute atomic E-state index is 0.00877. The fraction of sp³-hybridized carbons (Fsp3) is 0.292. The number of rotatable bonds is 5. The van der Waals surface area contributed by atoms with Gasteiger partial charge in [0.2, 0.25) is 5.91 Å². The van der Waals surface area contributed by atoms with E-state index in [1.54, 1.807) is 7.11 Å². The Hall–Kier alpha value is -3.41. The van der Waals surface area contributed by atoms with Crippen LogP contribution in [0.5, 0.6) is 5.75 Å². The monoisotopic (exact) mass is 402 g/mol. The number of carbonyl (C=O) groups excluding carboxylic acids is 1. The first-order chi connectivity index (χ1) is 14.6. The molecule has 1 fully saturated rings. The number of ether oxygens (including phenoxy) is 1. The maximum absolute atomic E-state index is 12.7. The molecule has 1 aliphatic heterocycles. The Morgan fingerprint density at radius 2 is 1.90 bits per heavy atom. The fourth-order valence-electron chi connectivity index (χ4n) is 3.76. The third kappa shape index (κ3) is 4.59. The predicted octanol–water partition coefficient (Wildman–Crippen LogP) is 4.32. The summed E-state index contributed by atoms with van der Waals surface area (Å²) in [6, 6.07) is 17.6. The van der Waals surface area contributed by atoms with Gasteiger partial charge < -0.3 is 15.0 Å². The van der Waals surface area contributed by atoms with Gasteiger partial charge in [0.25, 0.3) is 0 Å². The molecule has 4 rings (SSSR count). The standard InChI is InChI=1S/C24H26N4O2/c1-17-5-3-6-19(15-17)23-25-12-9-22(27-23)28-13-10-18(11-14-28)24(29)26-20-7-4-8-21(16-20)30-2/h3-9,12,15-16,18H,10-11,13-14H2,1-2H3,(H,26,29). The van der Waals surface area contributed by atoms with Gasteiger partial charge in [-0.1, -0.05) is 29.8 Å². The topological polar surface area (TPSA) is 67.3 Å². The number of carbonyl (C=O) groups is 1. The molecule has 6 nitrogen and oxygen atoms in total. The lowest BCUT2D eigenvalue weighted by atomic mass is 9.96. The zero-order chi connectivity index (χ0) is 20.9. The van der Waals surface area contributed by atoms with Gasteiger partial charge in [0.15, 0.2) is 5.82 Å². The molecule has 6 heteroatoms. The van der Waals surface area contributed by atoms with Crippen LogP contribution in [-0.4, -0.2) is 36.1 Å². The van der Waals surface area contributed by atoms with Crippen molar-refractivity contribution in [2.75, 3.05) is 30.4 Å². The second-order valence-corrected chi connectivity index (χ2v) is 7.59. The van der Waals surface area contributed by atoms with Crippen LogP contribution in [0.2, 0.25) is 0 Å². The molecule has 0 saturated carbocycles. The summed E-state index contributed by atoms with van der Waals surface area (Å²) in [5, 5.41) is 3.01. The Kier molecular flexibility index (Phi) is 5.93. The van der Waals surface area contributed by atoms with Crippen LogP contribution in [0, 0.1) is 12.8 Å². The molecule has 2 heterocycles. The molecule has 154 valence electrons.